The van der Waals surface area contributed by atoms with Crippen molar-refractivity contribution >= 4 is 39.1 Å². The zero-order chi connectivity index (χ0) is 11.5. The molecule has 5 heteroatoms. The van der Waals surface area contributed by atoms with Gasteiger partial charge in [0.15, 0.2) is 0 Å². The molecule has 0 spiro atoms. The summed E-state index contributed by atoms with van der Waals surface area (Å²) in [5.41, 5.74) is 0. The lowest BCUT2D eigenvalue weighted by Crippen LogP contribution is -1.88. The Bertz CT molecular complexity index is 502. The van der Waals surface area contributed by atoms with Crippen LogP contribution in [-0.4, -0.2) is 4.98 Å². The van der Waals surface area contributed by atoms with Gasteiger partial charge in [-0.15, -0.1) is 0 Å². The van der Waals surface area contributed by atoms with Gasteiger partial charge < -0.3 is 4.74 Å². The molecule has 0 fully saturated rings. The van der Waals surface area contributed by atoms with Gasteiger partial charge in [-0.3, -0.25) is 0 Å². The standard InChI is InChI=1S/C11H5BrCl2NO/c12-7-4-5-10(15-6-7)16-9-3-1-2-8(13)11(9)14/h1-4,6H. The Morgan fingerprint density at radius 3 is 2.81 bits per heavy atom. The van der Waals surface area contributed by atoms with Gasteiger partial charge in [0.2, 0.25) is 5.88 Å². The average molecular weight is 318 g/mol. The average Bonchev–Trinajstić information content (AvgIpc) is 2.28. The van der Waals surface area contributed by atoms with E-state index in [-0.39, 0.29) is 0 Å². The first kappa shape index (κ1) is 11.7. The number of nitrogens with zero attached hydrogens (tertiary/aromatic N) is 1. The van der Waals surface area contributed by atoms with Crippen LogP contribution in [-0.2, 0) is 0 Å². The summed E-state index contributed by atoms with van der Waals surface area (Å²) in [5.74, 6) is 0.799. The van der Waals surface area contributed by atoms with E-state index in [9.17, 15) is 0 Å². The van der Waals surface area contributed by atoms with Gasteiger partial charge in [-0.05, 0) is 34.1 Å². The van der Waals surface area contributed by atoms with Gasteiger partial charge in [-0.1, -0.05) is 29.3 Å². The van der Waals surface area contributed by atoms with Gasteiger partial charge in [0.25, 0.3) is 0 Å². The van der Waals surface area contributed by atoms with Gasteiger partial charge in [0.05, 0.1) is 11.1 Å². The van der Waals surface area contributed by atoms with Crippen molar-refractivity contribution < 1.29 is 4.74 Å². The summed E-state index contributed by atoms with van der Waals surface area (Å²) in [6, 6.07) is 9.72. The first-order valence-electron chi connectivity index (χ1n) is 4.32. The topological polar surface area (TPSA) is 22.1 Å². The molecule has 0 aliphatic rings. The van der Waals surface area contributed by atoms with Crippen molar-refractivity contribution in [3.8, 4) is 11.6 Å². The molecule has 1 aromatic carbocycles. The van der Waals surface area contributed by atoms with Crippen molar-refractivity contribution in [1.82, 2.24) is 4.98 Å². The van der Waals surface area contributed by atoms with Crippen molar-refractivity contribution in [1.29, 1.82) is 0 Å². The van der Waals surface area contributed by atoms with Crippen LogP contribution in [0, 0.1) is 6.07 Å². The van der Waals surface area contributed by atoms with Crippen molar-refractivity contribution in [3.05, 3.63) is 51.0 Å². The Hall–Kier alpha value is -0.770. The largest absolute Gasteiger partial charge is 0.437 e. The lowest BCUT2D eigenvalue weighted by Gasteiger charge is -2.06. The number of hydrogen-bond donors (Lipinski definition) is 0. The van der Waals surface area contributed by atoms with Crippen molar-refractivity contribution in [3.63, 3.8) is 0 Å². The number of rotatable bonds is 2. The van der Waals surface area contributed by atoms with Crippen LogP contribution in [0.3, 0.4) is 0 Å². The fourth-order valence-electron chi connectivity index (χ4n) is 1.05. The van der Waals surface area contributed by atoms with E-state index >= 15 is 0 Å². The number of benzene rings is 1. The summed E-state index contributed by atoms with van der Waals surface area (Å²) in [7, 11) is 0. The molecule has 16 heavy (non-hydrogen) atoms. The van der Waals surface area contributed by atoms with Crippen LogP contribution in [0.2, 0.25) is 10.0 Å². The second-order valence-corrected chi connectivity index (χ2v) is 4.59. The molecular weight excluding hydrogens is 313 g/mol. The maximum atomic E-state index is 5.97. The molecule has 0 saturated heterocycles. The first-order valence-corrected chi connectivity index (χ1v) is 5.87. The third-order valence-electron chi connectivity index (χ3n) is 1.76. The van der Waals surface area contributed by atoms with Gasteiger partial charge >= 0.3 is 0 Å². The van der Waals surface area contributed by atoms with Crippen LogP contribution in [0.1, 0.15) is 0 Å². The van der Waals surface area contributed by atoms with E-state index in [0.717, 1.165) is 4.47 Å². The van der Waals surface area contributed by atoms with Crippen molar-refractivity contribution in [2.75, 3.05) is 0 Å². The fourth-order valence-corrected chi connectivity index (χ4v) is 1.60. The van der Waals surface area contributed by atoms with Gasteiger partial charge in [-0.25, -0.2) is 4.98 Å². The summed E-state index contributed by atoms with van der Waals surface area (Å²) in [6.07, 6.45) is 1.62. The second-order valence-electron chi connectivity index (χ2n) is 2.89. The van der Waals surface area contributed by atoms with E-state index in [4.69, 9.17) is 27.9 Å². The molecular formula is C11H5BrCl2NO. The third-order valence-corrected chi connectivity index (χ3v) is 3.00. The smallest absolute Gasteiger partial charge is 0.227 e. The van der Waals surface area contributed by atoms with Crippen LogP contribution in [0.4, 0.5) is 0 Å². The van der Waals surface area contributed by atoms with Gasteiger partial charge in [0, 0.05) is 10.7 Å². The molecule has 0 atom stereocenters. The van der Waals surface area contributed by atoms with E-state index in [1.165, 1.54) is 0 Å². The van der Waals surface area contributed by atoms with E-state index in [2.05, 4.69) is 27.0 Å². The van der Waals surface area contributed by atoms with Crippen LogP contribution >= 0.6 is 39.1 Å². The van der Waals surface area contributed by atoms with Crippen molar-refractivity contribution in [2.45, 2.75) is 0 Å². The number of halogens is 3. The molecule has 0 aliphatic heterocycles. The summed E-state index contributed by atoms with van der Waals surface area (Å²) in [4.78, 5) is 4.02. The number of ether oxygens (including phenoxy) is 1. The van der Waals surface area contributed by atoms with Crippen LogP contribution in [0.5, 0.6) is 11.6 Å². The molecule has 0 unspecified atom stereocenters. The molecule has 1 aromatic heterocycles. The predicted octanol–water partition coefficient (Wildman–Crippen LogP) is 4.74. The van der Waals surface area contributed by atoms with Crippen LogP contribution in [0.15, 0.2) is 34.9 Å². The molecule has 0 amide bonds. The molecule has 81 valence electrons. The number of aromatic nitrogens is 1. The minimum absolute atomic E-state index is 0.340. The molecule has 1 heterocycles. The molecule has 0 aliphatic carbocycles. The molecule has 0 bridgehead atoms. The normalized spacial score (nSPS) is 10.2. The molecule has 2 nitrogen and oxygen atoms in total. The molecule has 0 N–H and O–H groups in total. The highest BCUT2D eigenvalue weighted by Crippen LogP contribution is 2.33. The number of hydrogen-bond acceptors (Lipinski definition) is 2. The Kier molecular flexibility index (Phi) is 3.69. The first-order chi connectivity index (χ1) is 7.66. The maximum absolute atomic E-state index is 5.97. The van der Waals surface area contributed by atoms with Crippen molar-refractivity contribution in [2.24, 2.45) is 0 Å². The second kappa shape index (κ2) is 5.04. The van der Waals surface area contributed by atoms with E-state index < -0.39 is 0 Å². The Morgan fingerprint density at radius 1 is 1.31 bits per heavy atom. The SMILES string of the molecule is Clc1cccc(Oc2[c]cc(Br)cn2)c1Cl. The minimum atomic E-state index is 0.340. The predicted molar refractivity (Wildman–Crippen MR) is 67.3 cm³/mol. The zero-order valence-electron chi connectivity index (χ0n) is 7.88. The highest BCUT2D eigenvalue weighted by atomic mass is 79.9. The molecule has 2 rings (SSSR count). The zero-order valence-corrected chi connectivity index (χ0v) is 11.0. The van der Waals surface area contributed by atoms with E-state index in [1.807, 2.05) is 0 Å². The summed E-state index contributed by atoms with van der Waals surface area (Å²) in [6.45, 7) is 0. The minimum Gasteiger partial charge on any atom is -0.437 e. The quantitative estimate of drug-likeness (QED) is 0.798. The van der Waals surface area contributed by atoms with E-state index in [0.29, 0.717) is 21.7 Å². The van der Waals surface area contributed by atoms with Crippen LogP contribution in [0.25, 0.3) is 0 Å². The summed E-state index contributed by atoms with van der Waals surface area (Å²) in [5, 5.41) is 0.804. The lowest BCUT2D eigenvalue weighted by atomic mass is 10.3. The summed E-state index contributed by atoms with van der Waals surface area (Å²) >= 11 is 15.1. The van der Waals surface area contributed by atoms with Gasteiger partial charge in [0.1, 0.15) is 10.8 Å². The monoisotopic (exact) mass is 316 g/mol. The fraction of sp³-hybridized carbons (Fsp3) is 0. The van der Waals surface area contributed by atoms with Gasteiger partial charge in [-0.2, -0.15) is 0 Å². The number of pyridine rings is 1. The molecule has 1 radical (unpaired) electrons. The Balaban J connectivity index is 2.27. The highest BCUT2D eigenvalue weighted by Gasteiger charge is 2.07. The van der Waals surface area contributed by atoms with Crippen LogP contribution < -0.4 is 4.74 Å². The maximum Gasteiger partial charge on any atom is 0.227 e. The Labute approximate surface area is 111 Å². The third kappa shape index (κ3) is 2.67. The molecule has 0 saturated carbocycles. The Morgan fingerprint density at radius 2 is 2.12 bits per heavy atom. The summed E-state index contributed by atoms with van der Waals surface area (Å²) < 4.78 is 6.27. The van der Waals surface area contributed by atoms with E-state index in [1.54, 1.807) is 30.5 Å². The molecule has 2 aromatic rings. The lowest BCUT2D eigenvalue weighted by molar-refractivity contribution is 0.462. The highest BCUT2D eigenvalue weighted by molar-refractivity contribution is 9.10.